The SMILES string of the molecule is CCCc1cccc(C[O])c1. The summed E-state index contributed by atoms with van der Waals surface area (Å²) in [6, 6.07) is 7.91. The van der Waals surface area contributed by atoms with E-state index >= 15 is 0 Å². The minimum atomic E-state index is -0.0996. The van der Waals surface area contributed by atoms with Gasteiger partial charge < -0.3 is 0 Å². The Morgan fingerprint density at radius 2 is 2.00 bits per heavy atom. The van der Waals surface area contributed by atoms with E-state index in [0.717, 1.165) is 18.4 Å². The van der Waals surface area contributed by atoms with Crippen LogP contribution in [0.1, 0.15) is 24.5 Å². The van der Waals surface area contributed by atoms with Crippen LogP contribution in [0, 0.1) is 0 Å². The Balaban J connectivity index is 2.74. The van der Waals surface area contributed by atoms with Crippen LogP contribution in [0.4, 0.5) is 0 Å². The summed E-state index contributed by atoms with van der Waals surface area (Å²) in [7, 11) is 0. The van der Waals surface area contributed by atoms with Crippen molar-refractivity contribution in [1.29, 1.82) is 0 Å². The Kier molecular flexibility index (Phi) is 3.12. The van der Waals surface area contributed by atoms with Crippen molar-refractivity contribution in [3.63, 3.8) is 0 Å². The lowest BCUT2D eigenvalue weighted by molar-refractivity contribution is 0.177. The van der Waals surface area contributed by atoms with E-state index in [9.17, 15) is 5.11 Å². The Bertz CT molecular complexity index is 218. The Morgan fingerprint density at radius 1 is 1.27 bits per heavy atom. The summed E-state index contributed by atoms with van der Waals surface area (Å²) in [6.07, 6.45) is 2.22. The standard InChI is InChI=1S/C10H13O/c1-2-4-9-5-3-6-10(7-9)8-11/h3,5-7H,2,4,8H2,1H3. The van der Waals surface area contributed by atoms with Crippen LogP contribution >= 0.6 is 0 Å². The normalized spacial score (nSPS) is 10.0. The Hall–Kier alpha value is -0.820. The molecule has 1 rings (SSSR count). The summed E-state index contributed by atoms with van der Waals surface area (Å²) in [5.41, 5.74) is 2.18. The van der Waals surface area contributed by atoms with Crippen LogP contribution in [0.5, 0.6) is 0 Å². The van der Waals surface area contributed by atoms with E-state index in [-0.39, 0.29) is 6.61 Å². The second-order valence-electron chi connectivity index (χ2n) is 2.71. The van der Waals surface area contributed by atoms with Gasteiger partial charge in [-0.3, -0.25) is 0 Å². The van der Waals surface area contributed by atoms with Crippen molar-refractivity contribution in [3.05, 3.63) is 35.4 Å². The molecule has 0 saturated carbocycles. The van der Waals surface area contributed by atoms with Crippen molar-refractivity contribution in [2.75, 3.05) is 0 Å². The number of benzene rings is 1. The van der Waals surface area contributed by atoms with Gasteiger partial charge in [-0.25, -0.2) is 5.11 Å². The predicted molar refractivity (Wildman–Crippen MR) is 44.8 cm³/mol. The summed E-state index contributed by atoms with van der Waals surface area (Å²) >= 11 is 0. The smallest absolute Gasteiger partial charge is 0.107 e. The second kappa shape index (κ2) is 4.14. The van der Waals surface area contributed by atoms with Gasteiger partial charge in [0.2, 0.25) is 0 Å². The highest BCUT2D eigenvalue weighted by Gasteiger charge is 1.93. The molecule has 1 aromatic carbocycles. The topological polar surface area (TPSA) is 19.9 Å². The Labute approximate surface area is 67.7 Å². The second-order valence-corrected chi connectivity index (χ2v) is 2.71. The van der Waals surface area contributed by atoms with Crippen LogP contribution in [-0.2, 0) is 18.1 Å². The molecule has 0 atom stereocenters. The van der Waals surface area contributed by atoms with Gasteiger partial charge in [0.1, 0.15) is 6.61 Å². The van der Waals surface area contributed by atoms with Crippen LogP contribution in [0.2, 0.25) is 0 Å². The minimum Gasteiger partial charge on any atom is -0.232 e. The van der Waals surface area contributed by atoms with Crippen molar-refractivity contribution >= 4 is 0 Å². The maximum absolute atomic E-state index is 10.5. The van der Waals surface area contributed by atoms with Crippen LogP contribution in [0.3, 0.4) is 0 Å². The molecule has 0 unspecified atom stereocenters. The predicted octanol–water partition coefficient (Wildman–Crippen LogP) is 2.57. The summed E-state index contributed by atoms with van der Waals surface area (Å²) in [5.74, 6) is 0. The number of hydrogen-bond acceptors (Lipinski definition) is 0. The fraction of sp³-hybridized carbons (Fsp3) is 0.400. The zero-order valence-electron chi connectivity index (χ0n) is 6.84. The van der Waals surface area contributed by atoms with Gasteiger partial charge in [0.15, 0.2) is 0 Å². The van der Waals surface area contributed by atoms with Gasteiger partial charge in [-0.05, 0) is 17.5 Å². The van der Waals surface area contributed by atoms with E-state index < -0.39 is 0 Å². The van der Waals surface area contributed by atoms with Gasteiger partial charge in [0.25, 0.3) is 0 Å². The monoisotopic (exact) mass is 149 g/mol. The first-order valence-corrected chi connectivity index (χ1v) is 4.02. The third kappa shape index (κ3) is 2.35. The molecule has 0 amide bonds. The largest absolute Gasteiger partial charge is 0.232 e. The average molecular weight is 149 g/mol. The van der Waals surface area contributed by atoms with Gasteiger partial charge in [-0.2, -0.15) is 0 Å². The van der Waals surface area contributed by atoms with Crippen LogP contribution in [0.25, 0.3) is 0 Å². The van der Waals surface area contributed by atoms with Gasteiger partial charge >= 0.3 is 0 Å². The van der Waals surface area contributed by atoms with Crippen molar-refractivity contribution in [2.45, 2.75) is 26.4 Å². The molecule has 0 fully saturated rings. The summed E-state index contributed by atoms with van der Waals surface area (Å²) in [5, 5.41) is 10.5. The molecule has 1 nitrogen and oxygen atoms in total. The first kappa shape index (κ1) is 8.28. The Morgan fingerprint density at radius 3 is 2.64 bits per heavy atom. The molecule has 0 heterocycles. The zero-order chi connectivity index (χ0) is 8.10. The summed E-state index contributed by atoms with van der Waals surface area (Å²) < 4.78 is 0. The van der Waals surface area contributed by atoms with Gasteiger partial charge in [-0.1, -0.05) is 37.6 Å². The van der Waals surface area contributed by atoms with E-state index in [4.69, 9.17) is 0 Å². The maximum Gasteiger partial charge on any atom is 0.107 e. The highest BCUT2D eigenvalue weighted by molar-refractivity contribution is 5.22. The number of hydrogen-bond donors (Lipinski definition) is 0. The van der Waals surface area contributed by atoms with Crippen molar-refractivity contribution in [1.82, 2.24) is 0 Å². The molecular weight excluding hydrogens is 136 g/mol. The lowest BCUT2D eigenvalue weighted by atomic mass is 10.1. The first-order valence-electron chi connectivity index (χ1n) is 4.02. The van der Waals surface area contributed by atoms with Crippen LogP contribution in [-0.4, -0.2) is 0 Å². The molecule has 0 saturated heterocycles. The first-order chi connectivity index (χ1) is 5.36. The van der Waals surface area contributed by atoms with E-state index in [2.05, 4.69) is 13.0 Å². The van der Waals surface area contributed by atoms with E-state index in [1.165, 1.54) is 5.56 Å². The van der Waals surface area contributed by atoms with E-state index in [0.29, 0.717) is 0 Å². The molecule has 1 radical (unpaired) electrons. The molecule has 0 aliphatic rings. The molecule has 0 N–H and O–H groups in total. The summed E-state index contributed by atoms with van der Waals surface area (Å²) in [6.45, 7) is 2.04. The van der Waals surface area contributed by atoms with Crippen molar-refractivity contribution in [3.8, 4) is 0 Å². The van der Waals surface area contributed by atoms with E-state index in [1.807, 2.05) is 18.2 Å². The summed E-state index contributed by atoms with van der Waals surface area (Å²) in [4.78, 5) is 0. The highest BCUT2D eigenvalue weighted by Crippen LogP contribution is 2.07. The molecule has 0 bridgehead atoms. The lowest BCUT2D eigenvalue weighted by Crippen LogP contribution is -1.86. The van der Waals surface area contributed by atoms with E-state index in [1.54, 1.807) is 0 Å². The number of aryl methyl sites for hydroxylation is 1. The molecule has 59 valence electrons. The van der Waals surface area contributed by atoms with Gasteiger partial charge in [0, 0.05) is 0 Å². The quantitative estimate of drug-likeness (QED) is 0.629. The van der Waals surface area contributed by atoms with Crippen molar-refractivity contribution in [2.24, 2.45) is 0 Å². The highest BCUT2D eigenvalue weighted by atomic mass is 16.3. The maximum atomic E-state index is 10.5. The molecule has 0 aromatic heterocycles. The van der Waals surface area contributed by atoms with Crippen LogP contribution < -0.4 is 0 Å². The lowest BCUT2D eigenvalue weighted by Gasteiger charge is -1.99. The molecule has 1 heteroatoms. The van der Waals surface area contributed by atoms with Gasteiger partial charge in [0.05, 0.1) is 0 Å². The molecular formula is C10H13O. The fourth-order valence-corrected chi connectivity index (χ4v) is 1.16. The molecule has 0 aliphatic carbocycles. The van der Waals surface area contributed by atoms with Gasteiger partial charge in [-0.15, -0.1) is 0 Å². The number of rotatable bonds is 3. The van der Waals surface area contributed by atoms with Crippen LogP contribution in [0.15, 0.2) is 24.3 Å². The molecule has 11 heavy (non-hydrogen) atoms. The third-order valence-electron chi connectivity index (χ3n) is 1.70. The molecule has 1 aromatic rings. The average Bonchev–Trinajstić information content (AvgIpc) is 2.06. The fourth-order valence-electron chi connectivity index (χ4n) is 1.16. The van der Waals surface area contributed by atoms with Crippen molar-refractivity contribution < 1.29 is 5.11 Å². The third-order valence-corrected chi connectivity index (χ3v) is 1.70. The molecule has 0 spiro atoms. The minimum absolute atomic E-state index is 0.0996. The molecule has 0 aliphatic heterocycles. The zero-order valence-corrected chi connectivity index (χ0v) is 6.84.